The van der Waals surface area contributed by atoms with Gasteiger partial charge >= 0.3 is 0 Å². The van der Waals surface area contributed by atoms with Gasteiger partial charge in [0.25, 0.3) is 0 Å². The predicted molar refractivity (Wildman–Crippen MR) is 177 cm³/mol. The van der Waals surface area contributed by atoms with Crippen LogP contribution in [0.2, 0.25) is 0 Å². The lowest BCUT2D eigenvalue weighted by atomic mass is 10.1. The molecule has 8 rings (SSSR count). The highest BCUT2D eigenvalue weighted by Gasteiger charge is 2.20. The van der Waals surface area contributed by atoms with E-state index in [1.54, 1.807) is 36.4 Å². The summed E-state index contributed by atoms with van der Waals surface area (Å²) in [5.74, 6) is 0. The van der Waals surface area contributed by atoms with Gasteiger partial charge in [-0.25, -0.2) is 0 Å². The molecule has 0 saturated heterocycles. The predicted octanol–water partition coefficient (Wildman–Crippen LogP) is 7.43. The van der Waals surface area contributed by atoms with E-state index >= 15 is 0 Å². The van der Waals surface area contributed by atoms with Crippen molar-refractivity contribution in [3.63, 3.8) is 0 Å². The normalized spacial score (nSPS) is 11.9. The van der Waals surface area contributed by atoms with Crippen LogP contribution in [0.25, 0.3) is 71.4 Å². The Morgan fingerprint density at radius 3 is 1.74 bits per heavy atom. The topological polar surface area (TPSA) is 71.8 Å². The number of hydrogen-bond donors (Lipinski definition) is 0. The molecule has 0 radical (unpaired) electrons. The van der Waals surface area contributed by atoms with Gasteiger partial charge in [-0.2, -0.15) is 0 Å². The minimum atomic E-state index is -0.196. The number of fused-ring (bicyclic) bond motifs is 7. The Bertz CT molecular complexity index is 2500. The van der Waals surface area contributed by atoms with E-state index in [0.29, 0.717) is 43.9 Å². The van der Waals surface area contributed by atoms with E-state index in [-0.39, 0.29) is 10.9 Å². The molecular formula is C36H27N3O4. The third-order valence-corrected chi connectivity index (χ3v) is 8.38. The lowest BCUT2D eigenvalue weighted by Crippen LogP contribution is -2.08. The largest absolute Gasteiger partial charge is 0.456 e. The van der Waals surface area contributed by atoms with Gasteiger partial charge in [-0.05, 0) is 66.7 Å². The number of nitrogens with zero attached hydrogens (tertiary/aromatic N) is 3. The van der Waals surface area contributed by atoms with Crippen molar-refractivity contribution in [2.45, 2.75) is 0 Å². The quantitative estimate of drug-likeness (QED) is 0.208. The van der Waals surface area contributed by atoms with Gasteiger partial charge in [0.2, 0.25) is 10.9 Å². The fraction of sp³-hybridized carbons (Fsp3) is 0.111. The van der Waals surface area contributed by atoms with Gasteiger partial charge in [0.1, 0.15) is 16.7 Å². The molecule has 0 aliphatic carbocycles. The van der Waals surface area contributed by atoms with Crippen molar-refractivity contribution in [1.82, 2.24) is 4.57 Å². The molecule has 7 nitrogen and oxygen atoms in total. The summed E-state index contributed by atoms with van der Waals surface area (Å²) in [5, 5.41) is 3.81. The molecule has 0 fully saturated rings. The van der Waals surface area contributed by atoms with Crippen LogP contribution in [0.15, 0.2) is 109 Å². The number of hydrogen-bond acceptors (Lipinski definition) is 6. The lowest BCUT2D eigenvalue weighted by molar-refractivity contribution is 0.645. The fourth-order valence-electron chi connectivity index (χ4n) is 6.15. The second kappa shape index (κ2) is 8.97. The maximum atomic E-state index is 14.0. The molecule has 0 unspecified atom stereocenters. The first kappa shape index (κ1) is 25.2. The molecule has 0 N–H and O–H groups in total. The van der Waals surface area contributed by atoms with Gasteiger partial charge in [-0.15, -0.1) is 0 Å². The number of aromatic nitrogens is 1. The maximum Gasteiger partial charge on any atom is 0.200 e. The molecule has 3 heterocycles. The van der Waals surface area contributed by atoms with Crippen LogP contribution in [0, 0.1) is 0 Å². The van der Waals surface area contributed by atoms with Crippen molar-refractivity contribution in [2.75, 3.05) is 38.0 Å². The Hall–Kier alpha value is -5.56. The molecule has 0 spiro atoms. The minimum Gasteiger partial charge on any atom is -0.456 e. The van der Waals surface area contributed by atoms with Crippen LogP contribution < -0.4 is 20.7 Å². The van der Waals surface area contributed by atoms with Crippen molar-refractivity contribution in [3.05, 3.63) is 111 Å². The molecule has 7 heteroatoms. The van der Waals surface area contributed by atoms with Crippen LogP contribution >= 0.6 is 0 Å². The Morgan fingerprint density at radius 2 is 1.09 bits per heavy atom. The molecule has 0 amide bonds. The van der Waals surface area contributed by atoms with E-state index in [2.05, 4.69) is 50.8 Å². The Labute approximate surface area is 245 Å². The Kier molecular flexibility index (Phi) is 5.25. The van der Waals surface area contributed by atoms with E-state index in [1.165, 1.54) is 0 Å². The Balaban J connectivity index is 1.48. The molecule has 43 heavy (non-hydrogen) atoms. The van der Waals surface area contributed by atoms with Crippen LogP contribution in [0.4, 0.5) is 11.4 Å². The van der Waals surface area contributed by atoms with Crippen LogP contribution in [0.5, 0.6) is 0 Å². The lowest BCUT2D eigenvalue weighted by Gasteiger charge is -2.14. The standard InChI is InChI=1S/C36H27N3O4/c1-37(2)20-12-14-28-24(16-20)25-17-21(38(3)4)13-15-29(25)39(28)30-10-7-9-23-35(41)27-18-26-32(19-33(27)43-36(23)30)42-31-11-6-5-8-22(31)34(26)40/h5-19H,1-4H3. The summed E-state index contributed by atoms with van der Waals surface area (Å²) in [5.41, 5.74) is 6.28. The fourth-order valence-corrected chi connectivity index (χ4v) is 6.15. The molecule has 210 valence electrons. The van der Waals surface area contributed by atoms with E-state index in [1.807, 2.05) is 46.4 Å². The summed E-state index contributed by atoms with van der Waals surface area (Å²) in [4.78, 5) is 31.5. The molecular weight excluding hydrogens is 538 g/mol. The second-order valence-electron chi connectivity index (χ2n) is 11.4. The summed E-state index contributed by atoms with van der Waals surface area (Å²) in [7, 11) is 8.13. The molecule has 3 aromatic heterocycles. The Morgan fingerprint density at radius 1 is 0.512 bits per heavy atom. The zero-order valence-electron chi connectivity index (χ0n) is 24.1. The smallest absolute Gasteiger partial charge is 0.200 e. The van der Waals surface area contributed by atoms with Gasteiger partial charge in [-0.3, -0.25) is 9.59 Å². The first-order valence-corrected chi connectivity index (χ1v) is 14.1. The zero-order valence-corrected chi connectivity index (χ0v) is 24.1. The van der Waals surface area contributed by atoms with Crippen LogP contribution in [0.3, 0.4) is 0 Å². The van der Waals surface area contributed by atoms with E-state index in [0.717, 1.165) is 38.9 Å². The first-order valence-electron chi connectivity index (χ1n) is 14.1. The molecule has 0 aliphatic heterocycles. The molecule has 0 aliphatic rings. The average molecular weight is 566 g/mol. The molecule has 8 aromatic rings. The van der Waals surface area contributed by atoms with Crippen molar-refractivity contribution in [3.8, 4) is 5.69 Å². The number of rotatable bonds is 3. The van der Waals surface area contributed by atoms with E-state index in [9.17, 15) is 9.59 Å². The third-order valence-electron chi connectivity index (χ3n) is 8.38. The molecule has 5 aromatic carbocycles. The second-order valence-corrected chi connectivity index (χ2v) is 11.4. The van der Waals surface area contributed by atoms with Crippen molar-refractivity contribution >= 4 is 77.1 Å². The van der Waals surface area contributed by atoms with Crippen LogP contribution in [0.1, 0.15) is 0 Å². The van der Waals surface area contributed by atoms with Crippen molar-refractivity contribution in [1.29, 1.82) is 0 Å². The molecule has 0 bridgehead atoms. The highest BCUT2D eigenvalue weighted by atomic mass is 16.3. The highest BCUT2D eigenvalue weighted by Crippen LogP contribution is 2.38. The average Bonchev–Trinajstić information content (AvgIpc) is 3.33. The summed E-state index contributed by atoms with van der Waals surface area (Å²) in [6.45, 7) is 0. The summed E-state index contributed by atoms with van der Waals surface area (Å²) < 4.78 is 14.8. The van der Waals surface area contributed by atoms with Gasteiger partial charge < -0.3 is 23.2 Å². The van der Waals surface area contributed by atoms with Gasteiger partial charge in [0, 0.05) is 56.4 Å². The number of anilines is 2. The first-order chi connectivity index (χ1) is 20.8. The number of para-hydroxylation sites is 2. The highest BCUT2D eigenvalue weighted by molar-refractivity contribution is 6.12. The molecule has 0 atom stereocenters. The molecule has 0 saturated carbocycles. The van der Waals surface area contributed by atoms with Gasteiger partial charge in [0.05, 0.1) is 38.3 Å². The zero-order chi connectivity index (χ0) is 29.6. The van der Waals surface area contributed by atoms with E-state index < -0.39 is 0 Å². The maximum absolute atomic E-state index is 14.0. The van der Waals surface area contributed by atoms with Gasteiger partial charge in [-0.1, -0.05) is 18.2 Å². The monoisotopic (exact) mass is 565 g/mol. The minimum absolute atomic E-state index is 0.175. The summed E-state index contributed by atoms with van der Waals surface area (Å²) >= 11 is 0. The van der Waals surface area contributed by atoms with E-state index in [4.69, 9.17) is 8.83 Å². The number of benzene rings is 5. The third kappa shape index (κ3) is 3.61. The van der Waals surface area contributed by atoms with Gasteiger partial charge in [0.15, 0.2) is 5.58 Å². The van der Waals surface area contributed by atoms with Crippen molar-refractivity contribution in [2.24, 2.45) is 0 Å². The summed E-state index contributed by atoms with van der Waals surface area (Å²) in [6, 6.07) is 28.8. The summed E-state index contributed by atoms with van der Waals surface area (Å²) in [6.07, 6.45) is 0. The van der Waals surface area contributed by atoms with Crippen LogP contribution in [-0.2, 0) is 0 Å². The van der Waals surface area contributed by atoms with Crippen LogP contribution in [-0.4, -0.2) is 32.8 Å². The SMILES string of the molecule is CN(C)c1ccc2c(c1)c1cc(N(C)C)ccc1n2-c1cccc2c(=O)c3cc4c(=O)c5ccccc5oc4cc3oc12. The van der Waals surface area contributed by atoms with Crippen molar-refractivity contribution < 1.29 is 8.83 Å².